The average Bonchev–Trinajstić information content (AvgIpc) is 2.59. The van der Waals surface area contributed by atoms with E-state index in [9.17, 15) is 25.1 Å². The van der Waals surface area contributed by atoms with Crippen molar-refractivity contribution >= 4 is 11.9 Å². The average molecular weight is 328 g/mol. The van der Waals surface area contributed by atoms with Crippen molar-refractivity contribution in [2.45, 2.75) is 12.8 Å². The summed E-state index contributed by atoms with van der Waals surface area (Å²) in [5, 5.41) is 31.3. The third-order valence-corrected chi connectivity index (χ3v) is 3.83. The fourth-order valence-corrected chi connectivity index (χ4v) is 2.82. The summed E-state index contributed by atoms with van der Waals surface area (Å²) in [5.41, 5.74) is 0.958. The first kappa shape index (κ1) is 17.2. The molecule has 1 heterocycles. The number of nitrogens with one attached hydrogen (secondary N) is 1. The number of hydrogen-bond acceptors (Lipinski definition) is 6. The van der Waals surface area contributed by atoms with Crippen molar-refractivity contribution < 1.29 is 24.5 Å². The van der Waals surface area contributed by atoms with Crippen LogP contribution >= 0.6 is 0 Å². The minimum Gasteiger partial charge on any atom is -0.478 e. The maximum atomic E-state index is 12.3. The quantitative estimate of drug-likeness (QED) is 0.706. The number of dihydropyridines is 1. The van der Waals surface area contributed by atoms with E-state index < -0.39 is 24.5 Å². The zero-order chi connectivity index (χ0) is 17.9. The molecule has 7 heteroatoms. The van der Waals surface area contributed by atoms with Crippen molar-refractivity contribution in [2.24, 2.45) is 0 Å². The lowest BCUT2D eigenvalue weighted by Gasteiger charge is -2.30. The van der Waals surface area contributed by atoms with Gasteiger partial charge in [0.05, 0.1) is 48.1 Å². The molecule has 1 aromatic carbocycles. The number of aliphatic hydroxyl groups excluding tert-OH is 1. The van der Waals surface area contributed by atoms with Gasteiger partial charge >= 0.3 is 11.9 Å². The van der Waals surface area contributed by atoms with Crippen LogP contribution in [0, 0.1) is 11.3 Å². The molecule has 0 saturated carbocycles. The first-order valence-electron chi connectivity index (χ1n) is 7.08. The molecule has 0 amide bonds. The number of carbonyl (C=O) groups is 2. The van der Waals surface area contributed by atoms with E-state index in [1.807, 2.05) is 6.07 Å². The molecule has 0 aromatic heterocycles. The number of benzene rings is 1. The van der Waals surface area contributed by atoms with Gasteiger partial charge in [0.2, 0.25) is 0 Å². The minimum atomic E-state index is -1.23. The van der Waals surface area contributed by atoms with Crippen LogP contribution in [0.5, 0.6) is 0 Å². The molecule has 0 fully saturated rings. The summed E-state index contributed by atoms with van der Waals surface area (Å²) in [5.74, 6) is -3.01. The number of methoxy groups -OCH3 is 1. The van der Waals surface area contributed by atoms with Crippen LogP contribution in [0.25, 0.3) is 0 Å². The predicted molar refractivity (Wildman–Crippen MR) is 83.5 cm³/mol. The van der Waals surface area contributed by atoms with Crippen molar-refractivity contribution in [1.29, 1.82) is 5.26 Å². The summed E-state index contributed by atoms with van der Waals surface area (Å²) in [7, 11) is 1.17. The lowest BCUT2D eigenvalue weighted by atomic mass is 9.78. The van der Waals surface area contributed by atoms with Gasteiger partial charge < -0.3 is 20.3 Å². The highest BCUT2D eigenvalue weighted by molar-refractivity contribution is 5.99. The Morgan fingerprint density at radius 3 is 2.54 bits per heavy atom. The van der Waals surface area contributed by atoms with Crippen molar-refractivity contribution in [3.8, 4) is 6.07 Å². The zero-order valence-corrected chi connectivity index (χ0v) is 13.2. The van der Waals surface area contributed by atoms with Crippen molar-refractivity contribution in [3.63, 3.8) is 0 Å². The normalized spacial score (nSPS) is 17.2. The van der Waals surface area contributed by atoms with Gasteiger partial charge in [-0.2, -0.15) is 5.26 Å². The van der Waals surface area contributed by atoms with Crippen molar-refractivity contribution in [3.05, 3.63) is 57.9 Å². The molecule has 24 heavy (non-hydrogen) atoms. The number of ether oxygens (including phenoxy) is 1. The van der Waals surface area contributed by atoms with Gasteiger partial charge in [-0.1, -0.05) is 18.2 Å². The topological polar surface area (TPSA) is 120 Å². The lowest BCUT2D eigenvalue weighted by Crippen LogP contribution is -2.33. The summed E-state index contributed by atoms with van der Waals surface area (Å²) in [4.78, 5) is 24.0. The van der Waals surface area contributed by atoms with E-state index in [0.29, 0.717) is 5.56 Å². The van der Waals surface area contributed by atoms with Crippen molar-refractivity contribution in [1.82, 2.24) is 5.32 Å². The van der Waals surface area contributed by atoms with E-state index in [2.05, 4.69) is 5.32 Å². The standard InChI is InChI=1S/C17H16N2O5/c1-9-13(16(21)22)14(11-6-4-3-5-10(11)7-18)15(17(23)24-2)12(8-20)19-9/h3-6,14,19-20H,8H2,1-2H3,(H,21,22). The lowest BCUT2D eigenvalue weighted by molar-refractivity contribution is -0.136. The Kier molecular flexibility index (Phi) is 5.02. The molecular weight excluding hydrogens is 312 g/mol. The van der Waals surface area contributed by atoms with Gasteiger partial charge in [0.25, 0.3) is 0 Å². The fourth-order valence-electron chi connectivity index (χ4n) is 2.82. The van der Waals surface area contributed by atoms with E-state index in [1.165, 1.54) is 14.0 Å². The van der Waals surface area contributed by atoms with Gasteiger partial charge in [-0.05, 0) is 18.6 Å². The first-order chi connectivity index (χ1) is 11.5. The van der Waals surface area contributed by atoms with E-state index in [1.54, 1.807) is 24.3 Å². The van der Waals surface area contributed by atoms with Crippen LogP contribution in [-0.4, -0.2) is 35.9 Å². The van der Waals surface area contributed by atoms with Gasteiger partial charge in [0.15, 0.2) is 0 Å². The number of nitriles is 1. The zero-order valence-electron chi connectivity index (χ0n) is 13.2. The van der Waals surface area contributed by atoms with Crippen LogP contribution in [-0.2, 0) is 14.3 Å². The second-order valence-electron chi connectivity index (χ2n) is 5.14. The van der Waals surface area contributed by atoms with Crippen LogP contribution < -0.4 is 5.32 Å². The second kappa shape index (κ2) is 6.98. The van der Waals surface area contributed by atoms with Gasteiger partial charge in [0, 0.05) is 5.70 Å². The van der Waals surface area contributed by atoms with E-state index in [4.69, 9.17) is 4.74 Å². The predicted octanol–water partition coefficient (Wildman–Crippen LogP) is 1.02. The smallest absolute Gasteiger partial charge is 0.336 e. The highest BCUT2D eigenvalue weighted by Gasteiger charge is 2.38. The number of aliphatic carboxylic acids is 1. The monoisotopic (exact) mass is 328 g/mol. The summed E-state index contributed by atoms with van der Waals surface area (Å²) < 4.78 is 4.76. The Balaban J connectivity index is 2.81. The molecule has 0 saturated heterocycles. The molecule has 1 aliphatic rings. The number of nitrogens with zero attached hydrogens (tertiary/aromatic N) is 1. The van der Waals surface area contributed by atoms with Gasteiger partial charge in [-0.25, -0.2) is 9.59 Å². The molecule has 0 radical (unpaired) electrons. The second-order valence-corrected chi connectivity index (χ2v) is 5.14. The molecule has 0 bridgehead atoms. The Hall–Kier alpha value is -3.11. The van der Waals surface area contributed by atoms with E-state index in [0.717, 1.165) is 0 Å². The Bertz CT molecular complexity index is 801. The number of allylic oxidation sites excluding steroid dienone is 1. The number of carboxylic acids is 1. The fraction of sp³-hybridized carbons (Fsp3) is 0.235. The highest BCUT2D eigenvalue weighted by atomic mass is 16.5. The highest BCUT2D eigenvalue weighted by Crippen LogP contribution is 2.39. The number of carboxylic acid groups (broad SMARTS) is 1. The molecule has 0 aliphatic carbocycles. The first-order valence-corrected chi connectivity index (χ1v) is 7.08. The molecule has 1 aliphatic heterocycles. The summed E-state index contributed by atoms with van der Waals surface area (Å²) >= 11 is 0. The number of hydrogen-bond donors (Lipinski definition) is 3. The summed E-state index contributed by atoms with van der Waals surface area (Å²) in [6.45, 7) is 1.04. The molecule has 3 N–H and O–H groups in total. The van der Waals surface area contributed by atoms with Crippen LogP contribution in [0.4, 0.5) is 0 Å². The van der Waals surface area contributed by atoms with Crippen LogP contribution in [0.1, 0.15) is 24.0 Å². The maximum Gasteiger partial charge on any atom is 0.336 e. The third kappa shape index (κ3) is 2.87. The molecular formula is C17H16N2O5. The van der Waals surface area contributed by atoms with Crippen LogP contribution in [0.15, 0.2) is 46.8 Å². The maximum absolute atomic E-state index is 12.3. The van der Waals surface area contributed by atoms with E-state index >= 15 is 0 Å². The number of aliphatic hydroxyl groups is 1. The summed E-state index contributed by atoms with van der Waals surface area (Å²) in [6, 6.07) is 8.43. The molecule has 7 nitrogen and oxygen atoms in total. The van der Waals surface area contributed by atoms with E-state index in [-0.39, 0.29) is 28.1 Å². The van der Waals surface area contributed by atoms with Crippen LogP contribution in [0.3, 0.4) is 0 Å². The molecule has 1 atom stereocenters. The third-order valence-electron chi connectivity index (χ3n) is 3.83. The molecule has 2 rings (SSSR count). The summed E-state index contributed by atoms with van der Waals surface area (Å²) in [6.07, 6.45) is 0. The number of rotatable bonds is 4. The molecule has 1 aromatic rings. The van der Waals surface area contributed by atoms with Gasteiger partial charge in [0.1, 0.15) is 0 Å². The SMILES string of the molecule is COC(=O)C1=C(CO)NC(C)=C(C(=O)O)C1c1ccccc1C#N. The van der Waals surface area contributed by atoms with Gasteiger partial charge in [-0.3, -0.25) is 0 Å². The molecule has 0 spiro atoms. The Morgan fingerprint density at radius 1 is 1.33 bits per heavy atom. The largest absolute Gasteiger partial charge is 0.478 e. The van der Waals surface area contributed by atoms with Crippen molar-refractivity contribution in [2.75, 3.05) is 13.7 Å². The molecule has 1 unspecified atom stereocenters. The van der Waals surface area contributed by atoms with Gasteiger partial charge in [-0.15, -0.1) is 0 Å². The Morgan fingerprint density at radius 2 is 2.00 bits per heavy atom. The number of carbonyl (C=O) groups excluding carboxylic acids is 1. The minimum absolute atomic E-state index is 0.0225. The molecule has 124 valence electrons. The van der Waals surface area contributed by atoms with Crippen LogP contribution in [0.2, 0.25) is 0 Å². The Labute approximate surface area is 138 Å². The number of esters is 1.